The molecule has 114 valence electrons. The summed E-state index contributed by atoms with van der Waals surface area (Å²) in [6, 6.07) is 3.63. The van der Waals surface area contributed by atoms with E-state index in [1.54, 1.807) is 0 Å². The molecule has 3 rings (SSSR count). The minimum atomic E-state index is -0.964. The summed E-state index contributed by atoms with van der Waals surface area (Å²) in [5.41, 5.74) is 0.246. The van der Waals surface area contributed by atoms with E-state index in [4.69, 9.17) is 0 Å². The van der Waals surface area contributed by atoms with Crippen LogP contribution in [0.5, 0.6) is 0 Å². The van der Waals surface area contributed by atoms with Crippen molar-refractivity contribution in [2.24, 2.45) is 0 Å². The van der Waals surface area contributed by atoms with Gasteiger partial charge in [0.1, 0.15) is 0 Å². The molecule has 2 saturated heterocycles. The van der Waals surface area contributed by atoms with Crippen molar-refractivity contribution >= 4 is 5.78 Å². The molecule has 0 amide bonds. The average Bonchev–Trinajstić information content (AvgIpc) is 2.96. The van der Waals surface area contributed by atoms with Gasteiger partial charge in [-0.3, -0.25) is 14.6 Å². The Morgan fingerprint density at radius 2 is 2.05 bits per heavy atom. The van der Waals surface area contributed by atoms with Crippen molar-refractivity contribution in [1.82, 2.24) is 9.80 Å². The zero-order valence-electron chi connectivity index (χ0n) is 12.2. The van der Waals surface area contributed by atoms with Crippen molar-refractivity contribution in [3.8, 4) is 0 Å². The third kappa shape index (κ3) is 2.85. The van der Waals surface area contributed by atoms with E-state index in [1.165, 1.54) is 18.9 Å². The smallest absolute Gasteiger partial charge is 0.179 e. The fourth-order valence-electron chi connectivity index (χ4n) is 3.42. The molecule has 2 heterocycles. The van der Waals surface area contributed by atoms with E-state index in [0.717, 1.165) is 38.3 Å². The maximum atomic E-state index is 13.3. The van der Waals surface area contributed by atoms with Crippen LogP contribution in [-0.2, 0) is 0 Å². The Morgan fingerprint density at radius 1 is 1.24 bits per heavy atom. The maximum Gasteiger partial charge on any atom is 0.179 e. The molecule has 5 heteroatoms. The monoisotopic (exact) mass is 294 g/mol. The maximum absolute atomic E-state index is 13.3. The van der Waals surface area contributed by atoms with Crippen LogP contribution >= 0.6 is 0 Å². The summed E-state index contributed by atoms with van der Waals surface area (Å²) in [4.78, 5) is 17.1. The molecule has 0 N–H and O–H groups in total. The summed E-state index contributed by atoms with van der Waals surface area (Å²) in [5.74, 6) is -2.02. The van der Waals surface area contributed by atoms with Crippen molar-refractivity contribution in [1.29, 1.82) is 0 Å². The summed E-state index contributed by atoms with van der Waals surface area (Å²) < 4.78 is 26.2. The van der Waals surface area contributed by atoms with Gasteiger partial charge in [0, 0.05) is 31.2 Å². The second kappa shape index (κ2) is 5.81. The number of hydrogen-bond acceptors (Lipinski definition) is 3. The molecule has 1 aromatic rings. The van der Waals surface area contributed by atoms with Gasteiger partial charge in [0.05, 0.1) is 6.04 Å². The van der Waals surface area contributed by atoms with Gasteiger partial charge in [0.2, 0.25) is 0 Å². The van der Waals surface area contributed by atoms with Crippen molar-refractivity contribution in [3.63, 3.8) is 0 Å². The van der Waals surface area contributed by atoms with Crippen LogP contribution in [0.1, 0.15) is 30.1 Å². The highest BCUT2D eigenvalue weighted by Crippen LogP contribution is 2.23. The minimum Gasteiger partial charge on any atom is -0.298 e. The number of carbonyl (C=O) groups excluding carboxylic acids is 1. The topological polar surface area (TPSA) is 23.6 Å². The summed E-state index contributed by atoms with van der Waals surface area (Å²) in [5, 5.41) is 0. The van der Waals surface area contributed by atoms with Crippen LogP contribution in [-0.4, -0.2) is 53.8 Å². The number of piperazine rings is 1. The highest BCUT2D eigenvalue weighted by atomic mass is 19.2. The average molecular weight is 294 g/mol. The molecule has 2 aliphatic rings. The van der Waals surface area contributed by atoms with Crippen LogP contribution in [0.4, 0.5) is 8.78 Å². The number of benzene rings is 1. The molecule has 3 nitrogen and oxygen atoms in total. The van der Waals surface area contributed by atoms with Crippen LogP contribution in [0.25, 0.3) is 0 Å². The van der Waals surface area contributed by atoms with E-state index in [1.807, 2.05) is 6.92 Å². The lowest BCUT2D eigenvalue weighted by Gasteiger charge is -2.40. The van der Waals surface area contributed by atoms with E-state index in [2.05, 4.69) is 9.80 Å². The number of Topliss-reactive ketones (excluding diaryl/α,β-unsaturated/α-hetero) is 1. The van der Waals surface area contributed by atoms with E-state index < -0.39 is 11.6 Å². The number of halogens is 2. The fraction of sp³-hybridized carbons (Fsp3) is 0.562. The molecule has 2 atom stereocenters. The molecule has 0 bridgehead atoms. The third-order valence-corrected chi connectivity index (χ3v) is 4.75. The first-order chi connectivity index (χ1) is 10.1. The van der Waals surface area contributed by atoms with Crippen LogP contribution in [0.2, 0.25) is 0 Å². The molecule has 1 aromatic carbocycles. The van der Waals surface area contributed by atoms with Crippen LogP contribution in [0.15, 0.2) is 18.2 Å². The fourth-order valence-corrected chi connectivity index (χ4v) is 3.42. The van der Waals surface area contributed by atoms with Crippen LogP contribution < -0.4 is 0 Å². The van der Waals surface area contributed by atoms with Gasteiger partial charge in [-0.1, -0.05) is 0 Å². The van der Waals surface area contributed by atoms with Crippen molar-refractivity contribution < 1.29 is 13.6 Å². The van der Waals surface area contributed by atoms with Crippen molar-refractivity contribution in [2.75, 3.05) is 26.2 Å². The molecule has 2 fully saturated rings. The van der Waals surface area contributed by atoms with Gasteiger partial charge in [0.25, 0.3) is 0 Å². The van der Waals surface area contributed by atoms with Gasteiger partial charge < -0.3 is 0 Å². The van der Waals surface area contributed by atoms with Crippen LogP contribution in [0.3, 0.4) is 0 Å². The zero-order chi connectivity index (χ0) is 15.0. The number of ketones is 1. The zero-order valence-corrected chi connectivity index (χ0v) is 12.2. The van der Waals surface area contributed by atoms with E-state index in [0.29, 0.717) is 6.04 Å². The number of carbonyl (C=O) groups is 1. The van der Waals surface area contributed by atoms with E-state index in [9.17, 15) is 13.6 Å². The lowest BCUT2D eigenvalue weighted by molar-refractivity contribution is 0.0601. The predicted molar refractivity (Wildman–Crippen MR) is 76.3 cm³/mol. The van der Waals surface area contributed by atoms with Gasteiger partial charge in [-0.25, -0.2) is 8.78 Å². The summed E-state index contributed by atoms with van der Waals surface area (Å²) >= 11 is 0. The molecule has 0 saturated carbocycles. The highest BCUT2D eigenvalue weighted by molar-refractivity contribution is 5.99. The molecule has 21 heavy (non-hydrogen) atoms. The van der Waals surface area contributed by atoms with Gasteiger partial charge >= 0.3 is 0 Å². The van der Waals surface area contributed by atoms with Gasteiger partial charge in [-0.2, -0.15) is 0 Å². The normalized spacial score (nSPS) is 24.8. The second-order valence-electron chi connectivity index (χ2n) is 6.00. The first-order valence-corrected chi connectivity index (χ1v) is 7.53. The third-order valence-electron chi connectivity index (χ3n) is 4.75. The van der Waals surface area contributed by atoms with Crippen LogP contribution in [0, 0.1) is 11.6 Å². The lowest BCUT2D eigenvalue weighted by atomic mass is 10.0. The lowest BCUT2D eigenvalue weighted by Crippen LogP contribution is -2.54. The SMILES string of the molecule is CC(C(=O)c1ccc(F)c(F)c1)N1CCN2CCCC2C1. The van der Waals surface area contributed by atoms with E-state index >= 15 is 0 Å². The summed E-state index contributed by atoms with van der Waals surface area (Å²) in [7, 11) is 0. The number of fused-ring (bicyclic) bond motifs is 1. The van der Waals surface area contributed by atoms with Crippen molar-refractivity contribution in [3.05, 3.63) is 35.4 Å². The molecule has 2 unspecified atom stereocenters. The molecule has 2 aliphatic heterocycles. The van der Waals surface area contributed by atoms with Gasteiger partial charge in [0.15, 0.2) is 17.4 Å². The second-order valence-corrected chi connectivity index (χ2v) is 6.00. The number of hydrogen-bond donors (Lipinski definition) is 0. The molecular formula is C16H20F2N2O. The first-order valence-electron chi connectivity index (χ1n) is 7.53. The molecular weight excluding hydrogens is 274 g/mol. The molecule has 0 aliphatic carbocycles. The highest BCUT2D eigenvalue weighted by Gasteiger charge is 2.34. The van der Waals surface area contributed by atoms with Gasteiger partial charge in [-0.05, 0) is 44.5 Å². The molecule has 0 aromatic heterocycles. The Morgan fingerprint density at radius 3 is 2.81 bits per heavy atom. The Labute approximate surface area is 123 Å². The quantitative estimate of drug-likeness (QED) is 0.799. The number of nitrogens with zero attached hydrogens (tertiary/aromatic N) is 2. The Balaban J connectivity index is 1.70. The Hall–Kier alpha value is -1.33. The van der Waals surface area contributed by atoms with Gasteiger partial charge in [-0.15, -0.1) is 0 Å². The molecule has 0 radical (unpaired) electrons. The largest absolute Gasteiger partial charge is 0.298 e. The summed E-state index contributed by atoms with van der Waals surface area (Å²) in [6.07, 6.45) is 2.41. The minimum absolute atomic E-state index is 0.139. The summed E-state index contributed by atoms with van der Waals surface area (Å²) in [6.45, 7) is 5.74. The van der Waals surface area contributed by atoms with Crippen molar-refractivity contribution in [2.45, 2.75) is 31.8 Å². The first kappa shape index (κ1) is 14.6. The number of rotatable bonds is 3. The predicted octanol–water partition coefficient (Wildman–Crippen LogP) is 2.32. The Bertz CT molecular complexity index is 549. The Kier molecular flexibility index (Phi) is 4.04. The standard InChI is InChI=1S/C16H20F2N2O/c1-11(16(21)12-4-5-14(17)15(18)9-12)20-8-7-19-6-2-3-13(19)10-20/h4-5,9,11,13H,2-3,6-8,10H2,1H3. The van der Waals surface area contributed by atoms with E-state index in [-0.39, 0.29) is 17.4 Å². The molecule has 0 spiro atoms.